The molecule has 2 rings (SSSR count). The van der Waals surface area contributed by atoms with E-state index >= 15 is 0 Å². The summed E-state index contributed by atoms with van der Waals surface area (Å²) in [5.41, 5.74) is 2.08. The Bertz CT molecular complexity index is 603. The van der Waals surface area contributed by atoms with Crippen LogP contribution in [0.3, 0.4) is 0 Å². The highest BCUT2D eigenvalue weighted by molar-refractivity contribution is 5.94. The zero-order valence-electron chi connectivity index (χ0n) is 16.1. The number of aliphatic carboxylic acids is 1. The summed E-state index contributed by atoms with van der Waals surface area (Å²) in [5, 5.41) is 12.0. The summed E-state index contributed by atoms with van der Waals surface area (Å²) in [7, 11) is 1.87. The molecule has 0 spiro atoms. The molecule has 1 aromatic rings. The van der Waals surface area contributed by atoms with Gasteiger partial charge in [-0.05, 0) is 63.9 Å². The van der Waals surface area contributed by atoms with E-state index in [1.54, 1.807) is 0 Å². The first-order valence-electron chi connectivity index (χ1n) is 9.46. The number of carbonyl (C=O) groups excluding carboxylic acids is 1. The van der Waals surface area contributed by atoms with Crippen LogP contribution in [0.1, 0.15) is 38.7 Å². The van der Waals surface area contributed by atoms with Gasteiger partial charge in [-0.25, -0.2) is 0 Å². The van der Waals surface area contributed by atoms with Crippen LogP contribution in [0.4, 0.5) is 5.69 Å². The Morgan fingerprint density at radius 1 is 1.27 bits per heavy atom. The van der Waals surface area contributed by atoms with E-state index in [0.717, 1.165) is 44.5 Å². The molecule has 0 radical (unpaired) electrons. The van der Waals surface area contributed by atoms with Gasteiger partial charge >= 0.3 is 5.97 Å². The molecule has 2 N–H and O–H groups in total. The van der Waals surface area contributed by atoms with E-state index in [9.17, 15) is 9.59 Å². The van der Waals surface area contributed by atoms with Gasteiger partial charge in [0.1, 0.15) is 0 Å². The highest BCUT2D eigenvalue weighted by Crippen LogP contribution is 2.18. The van der Waals surface area contributed by atoms with Gasteiger partial charge in [0.05, 0.1) is 12.6 Å². The second-order valence-corrected chi connectivity index (χ2v) is 7.15. The molecule has 2 unspecified atom stereocenters. The second-order valence-electron chi connectivity index (χ2n) is 7.15. The Morgan fingerprint density at radius 2 is 1.96 bits per heavy atom. The maximum Gasteiger partial charge on any atom is 0.317 e. The molecule has 6 heteroatoms. The summed E-state index contributed by atoms with van der Waals surface area (Å²) in [6, 6.07) is 8.02. The minimum atomic E-state index is -0.796. The number of likely N-dealkylation sites (N-methyl/N-ethyl adjacent to an activating group) is 1. The number of carboxylic acids is 1. The van der Waals surface area contributed by atoms with Crippen LogP contribution in [0.15, 0.2) is 24.3 Å². The molecule has 0 aliphatic carbocycles. The number of amides is 1. The third-order valence-electron chi connectivity index (χ3n) is 5.30. The molecule has 2 atom stereocenters. The van der Waals surface area contributed by atoms with Crippen molar-refractivity contribution >= 4 is 17.6 Å². The number of rotatable bonds is 7. The quantitative estimate of drug-likeness (QED) is 0.780. The lowest BCUT2D eigenvalue weighted by Crippen LogP contribution is -2.43. The van der Waals surface area contributed by atoms with Crippen LogP contribution in [0.2, 0.25) is 0 Å². The first-order valence-corrected chi connectivity index (χ1v) is 9.46. The van der Waals surface area contributed by atoms with Crippen LogP contribution >= 0.6 is 0 Å². The van der Waals surface area contributed by atoms with Gasteiger partial charge in [-0.1, -0.05) is 19.1 Å². The van der Waals surface area contributed by atoms with Gasteiger partial charge in [0.25, 0.3) is 0 Å². The lowest BCUT2D eigenvalue weighted by molar-refractivity contribution is -0.138. The van der Waals surface area contributed by atoms with E-state index in [1.165, 1.54) is 5.56 Å². The maximum atomic E-state index is 12.6. The lowest BCUT2D eigenvalue weighted by Gasteiger charge is -2.28. The van der Waals surface area contributed by atoms with Crippen molar-refractivity contribution in [1.29, 1.82) is 0 Å². The minimum Gasteiger partial charge on any atom is -0.480 e. The number of anilines is 1. The summed E-state index contributed by atoms with van der Waals surface area (Å²) >= 11 is 0. The molecule has 6 nitrogen and oxygen atoms in total. The molecule has 144 valence electrons. The number of benzene rings is 1. The van der Waals surface area contributed by atoms with Gasteiger partial charge in [-0.2, -0.15) is 0 Å². The molecule has 1 aromatic carbocycles. The largest absolute Gasteiger partial charge is 0.480 e. The van der Waals surface area contributed by atoms with Crippen molar-refractivity contribution in [3.63, 3.8) is 0 Å². The predicted octanol–water partition coefficient (Wildman–Crippen LogP) is 2.45. The molecule has 0 aromatic heterocycles. The van der Waals surface area contributed by atoms with Crippen LogP contribution in [0.5, 0.6) is 0 Å². The maximum absolute atomic E-state index is 12.6. The van der Waals surface area contributed by atoms with Crippen molar-refractivity contribution in [2.24, 2.45) is 0 Å². The number of nitrogens with one attached hydrogen (secondary N) is 1. The Hall–Kier alpha value is -1.92. The summed E-state index contributed by atoms with van der Waals surface area (Å²) in [5.74, 6) is -0.790. The zero-order valence-corrected chi connectivity index (χ0v) is 16.1. The fourth-order valence-electron chi connectivity index (χ4n) is 3.51. The van der Waals surface area contributed by atoms with E-state index < -0.39 is 5.97 Å². The fraction of sp³-hybridized carbons (Fsp3) is 0.600. The summed E-state index contributed by atoms with van der Waals surface area (Å²) < 4.78 is 0. The smallest absolute Gasteiger partial charge is 0.317 e. The Kier molecular flexibility index (Phi) is 7.60. The van der Waals surface area contributed by atoms with Gasteiger partial charge in [-0.3, -0.25) is 19.4 Å². The van der Waals surface area contributed by atoms with E-state index in [1.807, 2.05) is 43.1 Å². The number of carbonyl (C=O) groups is 2. The number of hydrogen-bond donors (Lipinski definition) is 2. The predicted molar refractivity (Wildman–Crippen MR) is 103 cm³/mol. The molecule has 1 amide bonds. The molecule has 1 heterocycles. The monoisotopic (exact) mass is 361 g/mol. The molecular weight excluding hydrogens is 330 g/mol. The Balaban J connectivity index is 1.88. The van der Waals surface area contributed by atoms with Crippen LogP contribution < -0.4 is 5.32 Å². The molecule has 1 fully saturated rings. The normalized spacial score (nSPS) is 19.8. The highest BCUT2D eigenvalue weighted by Gasteiger charge is 2.26. The van der Waals surface area contributed by atoms with Gasteiger partial charge in [-0.15, -0.1) is 0 Å². The number of aryl methyl sites for hydroxylation is 1. The van der Waals surface area contributed by atoms with Gasteiger partial charge in [0.15, 0.2) is 0 Å². The standard InChI is InChI=1S/C20H31N3O3/c1-4-16-7-9-17(10-8-16)21-20(26)15(2)23-12-5-6-18(11-13-23)22(3)14-19(24)25/h7-10,15,18H,4-6,11-14H2,1-3H3,(H,21,26)(H,24,25). The van der Waals surface area contributed by atoms with Crippen LogP contribution in [0, 0.1) is 0 Å². The number of hydrogen-bond acceptors (Lipinski definition) is 4. The second kappa shape index (κ2) is 9.69. The molecule has 1 saturated heterocycles. The van der Waals surface area contributed by atoms with Crippen LogP contribution in [-0.2, 0) is 16.0 Å². The SMILES string of the molecule is CCc1ccc(NC(=O)C(C)N2CCCC(N(C)CC(=O)O)CC2)cc1. The number of nitrogens with zero attached hydrogens (tertiary/aromatic N) is 2. The van der Waals surface area contributed by atoms with Gasteiger partial charge < -0.3 is 10.4 Å². The van der Waals surface area contributed by atoms with Crippen molar-refractivity contribution in [1.82, 2.24) is 9.80 Å². The molecule has 26 heavy (non-hydrogen) atoms. The molecule has 1 aliphatic heterocycles. The van der Waals surface area contributed by atoms with Crippen LogP contribution in [-0.4, -0.2) is 65.5 Å². The molecular formula is C20H31N3O3. The average molecular weight is 361 g/mol. The van der Waals surface area contributed by atoms with Gasteiger partial charge in [0, 0.05) is 18.3 Å². The third-order valence-corrected chi connectivity index (χ3v) is 5.30. The van der Waals surface area contributed by atoms with Crippen molar-refractivity contribution in [3.8, 4) is 0 Å². The molecule has 0 bridgehead atoms. The summed E-state index contributed by atoms with van der Waals surface area (Å²) in [4.78, 5) is 27.6. The lowest BCUT2D eigenvalue weighted by atomic mass is 10.1. The molecule has 1 aliphatic rings. The minimum absolute atomic E-state index is 0.00610. The van der Waals surface area contributed by atoms with Crippen molar-refractivity contribution in [2.75, 3.05) is 32.0 Å². The van der Waals surface area contributed by atoms with Crippen molar-refractivity contribution < 1.29 is 14.7 Å². The van der Waals surface area contributed by atoms with Gasteiger partial charge in [0.2, 0.25) is 5.91 Å². The fourth-order valence-corrected chi connectivity index (χ4v) is 3.51. The highest BCUT2D eigenvalue weighted by atomic mass is 16.4. The van der Waals surface area contributed by atoms with E-state index in [2.05, 4.69) is 17.1 Å². The summed E-state index contributed by atoms with van der Waals surface area (Å²) in [6.45, 7) is 5.78. The number of likely N-dealkylation sites (tertiary alicyclic amines) is 1. The third kappa shape index (κ3) is 5.81. The Morgan fingerprint density at radius 3 is 2.58 bits per heavy atom. The average Bonchev–Trinajstić information content (AvgIpc) is 2.87. The Labute approximate surface area is 156 Å². The molecule has 0 saturated carbocycles. The first kappa shape index (κ1) is 20.4. The van der Waals surface area contributed by atoms with E-state index in [4.69, 9.17) is 5.11 Å². The van der Waals surface area contributed by atoms with Crippen molar-refractivity contribution in [3.05, 3.63) is 29.8 Å². The van der Waals surface area contributed by atoms with E-state index in [0.29, 0.717) is 0 Å². The first-order chi connectivity index (χ1) is 12.4. The number of carboxylic acid groups (broad SMARTS) is 1. The van der Waals surface area contributed by atoms with E-state index in [-0.39, 0.29) is 24.5 Å². The zero-order chi connectivity index (χ0) is 19.1. The topological polar surface area (TPSA) is 72.9 Å². The summed E-state index contributed by atoms with van der Waals surface area (Å²) in [6.07, 6.45) is 3.80. The van der Waals surface area contributed by atoms with Crippen molar-refractivity contribution in [2.45, 2.75) is 51.6 Å². The van der Waals surface area contributed by atoms with Crippen LogP contribution in [0.25, 0.3) is 0 Å².